The number of nitrogens with one attached hydrogen (secondary N) is 2. The Morgan fingerprint density at radius 2 is 1.71 bits per heavy atom. The highest BCUT2D eigenvalue weighted by atomic mass is 35.5. The van der Waals surface area contributed by atoms with Gasteiger partial charge in [-0.1, -0.05) is 29.3 Å². The lowest BCUT2D eigenvalue weighted by atomic mass is 10.2. The lowest BCUT2D eigenvalue weighted by Gasteiger charge is -2.11. The molecule has 0 spiro atoms. The van der Waals surface area contributed by atoms with Crippen LogP contribution in [0.2, 0.25) is 5.02 Å². The number of hydrogen-bond donors (Lipinski definition) is 2. The summed E-state index contributed by atoms with van der Waals surface area (Å²) in [6, 6.07) is 16.2. The molecule has 0 aliphatic rings. The average Bonchev–Trinajstić information content (AvgIpc) is 2.72. The fourth-order valence-electron chi connectivity index (χ4n) is 2.65. The van der Waals surface area contributed by atoms with E-state index in [-0.39, 0.29) is 40.1 Å². The summed E-state index contributed by atoms with van der Waals surface area (Å²) in [5.74, 6) is -0.306. The van der Waals surface area contributed by atoms with Gasteiger partial charge in [0, 0.05) is 0 Å². The number of anilines is 1. The van der Waals surface area contributed by atoms with E-state index >= 15 is 0 Å². The van der Waals surface area contributed by atoms with E-state index in [1.807, 2.05) is 6.92 Å². The van der Waals surface area contributed by atoms with Crippen molar-refractivity contribution in [3.05, 3.63) is 88.7 Å². The third-order valence-corrected chi connectivity index (χ3v) is 5.98. The first kappa shape index (κ1) is 22.6. The van der Waals surface area contributed by atoms with Gasteiger partial charge in [0.15, 0.2) is 0 Å². The van der Waals surface area contributed by atoms with Crippen molar-refractivity contribution in [2.75, 3.05) is 17.9 Å². The van der Waals surface area contributed by atoms with Crippen LogP contribution in [0.5, 0.6) is 5.75 Å². The number of rotatable bonds is 8. The second-order valence-electron chi connectivity index (χ2n) is 6.67. The number of amides is 1. The van der Waals surface area contributed by atoms with E-state index in [0.29, 0.717) is 5.75 Å². The van der Waals surface area contributed by atoms with Gasteiger partial charge in [-0.05, 0) is 61.5 Å². The molecule has 0 fully saturated rings. The van der Waals surface area contributed by atoms with E-state index in [4.69, 9.17) is 16.3 Å². The molecule has 0 bridgehead atoms. The van der Waals surface area contributed by atoms with Crippen LogP contribution in [0.3, 0.4) is 0 Å². The fraction of sp³-hybridized carbons (Fsp3) is 0.136. The summed E-state index contributed by atoms with van der Waals surface area (Å²) < 4.78 is 45.7. The largest absolute Gasteiger partial charge is 0.492 e. The standard InChI is InChI=1S/C22H20ClFN2O4S/c1-15-2-9-19(10-3-15)31(28,29)26-17-6-11-20(21(23)14-17)22(27)25-12-13-30-18-7-4-16(24)5-8-18/h2-11,14,26H,12-13H2,1H3,(H,25,27). The summed E-state index contributed by atoms with van der Waals surface area (Å²) in [4.78, 5) is 12.5. The quantitative estimate of drug-likeness (QED) is 0.486. The van der Waals surface area contributed by atoms with E-state index in [2.05, 4.69) is 10.0 Å². The number of sulfonamides is 1. The van der Waals surface area contributed by atoms with Gasteiger partial charge in [0.25, 0.3) is 15.9 Å². The van der Waals surface area contributed by atoms with Gasteiger partial charge in [-0.15, -0.1) is 0 Å². The predicted molar refractivity (Wildman–Crippen MR) is 118 cm³/mol. The summed E-state index contributed by atoms with van der Waals surface area (Å²) in [5.41, 5.74) is 1.38. The van der Waals surface area contributed by atoms with Crippen molar-refractivity contribution in [3.8, 4) is 5.75 Å². The van der Waals surface area contributed by atoms with Gasteiger partial charge in [0.1, 0.15) is 18.2 Å². The molecule has 0 atom stereocenters. The number of ether oxygens (including phenoxy) is 1. The lowest BCUT2D eigenvalue weighted by molar-refractivity contribution is 0.0947. The maximum Gasteiger partial charge on any atom is 0.261 e. The molecule has 1 amide bonds. The zero-order valence-electron chi connectivity index (χ0n) is 16.6. The SMILES string of the molecule is Cc1ccc(S(=O)(=O)Nc2ccc(C(=O)NCCOc3ccc(F)cc3)c(Cl)c2)cc1. The highest BCUT2D eigenvalue weighted by Gasteiger charge is 2.16. The van der Waals surface area contributed by atoms with Crippen molar-refractivity contribution in [2.45, 2.75) is 11.8 Å². The smallest absolute Gasteiger partial charge is 0.261 e. The van der Waals surface area contributed by atoms with Crippen molar-refractivity contribution in [3.63, 3.8) is 0 Å². The molecule has 9 heteroatoms. The van der Waals surface area contributed by atoms with Crippen LogP contribution < -0.4 is 14.8 Å². The zero-order valence-corrected chi connectivity index (χ0v) is 18.1. The molecule has 3 aromatic rings. The molecule has 0 saturated heterocycles. The Morgan fingerprint density at radius 1 is 1.03 bits per heavy atom. The summed E-state index contributed by atoms with van der Waals surface area (Å²) in [7, 11) is -3.78. The number of aryl methyl sites for hydroxylation is 1. The summed E-state index contributed by atoms with van der Waals surface area (Å²) in [6.07, 6.45) is 0. The third kappa shape index (κ3) is 6.19. The molecule has 0 unspecified atom stereocenters. The van der Waals surface area contributed by atoms with Crippen LogP contribution in [0, 0.1) is 12.7 Å². The fourth-order valence-corrected chi connectivity index (χ4v) is 3.97. The van der Waals surface area contributed by atoms with Crippen LogP contribution >= 0.6 is 11.6 Å². The molecule has 0 aliphatic carbocycles. The number of hydrogen-bond acceptors (Lipinski definition) is 4. The molecule has 0 aliphatic heterocycles. The van der Waals surface area contributed by atoms with E-state index < -0.39 is 15.9 Å². The predicted octanol–water partition coefficient (Wildman–Crippen LogP) is 4.40. The first-order valence-electron chi connectivity index (χ1n) is 9.30. The lowest BCUT2D eigenvalue weighted by Crippen LogP contribution is -2.28. The Kier molecular flexibility index (Phi) is 7.14. The maximum atomic E-state index is 12.9. The van der Waals surface area contributed by atoms with Gasteiger partial charge in [-0.3, -0.25) is 9.52 Å². The minimum atomic E-state index is -3.78. The summed E-state index contributed by atoms with van der Waals surface area (Å²) in [5, 5.41) is 2.76. The van der Waals surface area contributed by atoms with Gasteiger partial charge >= 0.3 is 0 Å². The zero-order chi connectivity index (χ0) is 22.4. The second-order valence-corrected chi connectivity index (χ2v) is 8.76. The molecule has 0 radical (unpaired) electrons. The van der Waals surface area contributed by atoms with Crippen molar-refractivity contribution in [2.24, 2.45) is 0 Å². The minimum absolute atomic E-state index is 0.0982. The second kappa shape index (κ2) is 9.80. The van der Waals surface area contributed by atoms with Crippen LogP contribution in [-0.2, 0) is 10.0 Å². The molecule has 31 heavy (non-hydrogen) atoms. The molecule has 162 valence electrons. The Balaban J connectivity index is 1.57. The van der Waals surface area contributed by atoms with Gasteiger partial charge < -0.3 is 10.1 Å². The van der Waals surface area contributed by atoms with E-state index in [0.717, 1.165) is 5.56 Å². The summed E-state index contributed by atoms with van der Waals surface area (Å²) >= 11 is 6.18. The number of carbonyl (C=O) groups excluding carboxylic acids is 1. The molecular formula is C22H20ClFN2O4S. The number of halogens is 2. The number of benzene rings is 3. The first-order chi connectivity index (χ1) is 14.7. The topological polar surface area (TPSA) is 84.5 Å². The summed E-state index contributed by atoms with van der Waals surface area (Å²) in [6.45, 7) is 2.25. The first-order valence-corrected chi connectivity index (χ1v) is 11.2. The maximum absolute atomic E-state index is 12.9. The van der Waals surface area contributed by atoms with E-state index in [9.17, 15) is 17.6 Å². The van der Waals surface area contributed by atoms with Crippen molar-refractivity contribution in [1.29, 1.82) is 0 Å². The highest BCUT2D eigenvalue weighted by Crippen LogP contribution is 2.23. The third-order valence-electron chi connectivity index (χ3n) is 4.27. The molecule has 3 rings (SSSR count). The molecule has 0 saturated carbocycles. The highest BCUT2D eigenvalue weighted by molar-refractivity contribution is 7.92. The molecule has 0 heterocycles. The minimum Gasteiger partial charge on any atom is -0.492 e. The monoisotopic (exact) mass is 462 g/mol. The molecule has 0 aromatic heterocycles. The van der Waals surface area contributed by atoms with E-state index in [1.54, 1.807) is 12.1 Å². The van der Waals surface area contributed by atoms with Crippen LogP contribution in [0.4, 0.5) is 10.1 Å². The Morgan fingerprint density at radius 3 is 2.35 bits per heavy atom. The van der Waals surface area contributed by atoms with Crippen LogP contribution in [0.1, 0.15) is 15.9 Å². The van der Waals surface area contributed by atoms with Gasteiger partial charge in [-0.25, -0.2) is 12.8 Å². The Labute approximate surface area is 185 Å². The van der Waals surface area contributed by atoms with Crippen LogP contribution in [-0.4, -0.2) is 27.5 Å². The number of carbonyl (C=O) groups is 1. The van der Waals surface area contributed by atoms with Crippen molar-refractivity contribution >= 4 is 33.2 Å². The van der Waals surface area contributed by atoms with Crippen LogP contribution in [0.25, 0.3) is 0 Å². The van der Waals surface area contributed by atoms with Gasteiger partial charge in [0.2, 0.25) is 0 Å². The Bertz CT molecular complexity index is 1170. The average molecular weight is 463 g/mol. The van der Waals surface area contributed by atoms with Crippen molar-refractivity contribution < 1.29 is 22.3 Å². The molecular weight excluding hydrogens is 443 g/mol. The molecule has 6 nitrogen and oxygen atoms in total. The molecule has 2 N–H and O–H groups in total. The van der Waals surface area contributed by atoms with Gasteiger partial charge in [0.05, 0.1) is 27.7 Å². The van der Waals surface area contributed by atoms with Crippen molar-refractivity contribution in [1.82, 2.24) is 5.32 Å². The van der Waals surface area contributed by atoms with E-state index in [1.165, 1.54) is 54.6 Å². The molecule has 3 aromatic carbocycles. The van der Waals surface area contributed by atoms with Crippen LogP contribution in [0.15, 0.2) is 71.6 Å². The van der Waals surface area contributed by atoms with Gasteiger partial charge in [-0.2, -0.15) is 0 Å². The normalized spacial score (nSPS) is 11.1. The Hall–Kier alpha value is -3.10.